The van der Waals surface area contributed by atoms with Crippen LogP contribution in [-0.4, -0.2) is 37.4 Å². The van der Waals surface area contributed by atoms with E-state index < -0.39 is 5.41 Å². The number of hydrogen-bond acceptors (Lipinski definition) is 6. The van der Waals surface area contributed by atoms with Crippen LogP contribution in [0.1, 0.15) is 23.5 Å². The Bertz CT molecular complexity index is 483. The monoisotopic (exact) mass is 285 g/mol. The van der Waals surface area contributed by atoms with Crippen LogP contribution in [0.5, 0.6) is 0 Å². The third kappa shape index (κ3) is 3.57. The van der Waals surface area contributed by atoms with E-state index in [4.69, 9.17) is 5.73 Å². The molecule has 0 aliphatic rings. The van der Waals surface area contributed by atoms with E-state index in [-0.39, 0.29) is 24.2 Å². The summed E-state index contributed by atoms with van der Waals surface area (Å²) in [6.45, 7) is 3.72. The Morgan fingerprint density at radius 1 is 1.37 bits per heavy atom. The van der Waals surface area contributed by atoms with Crippen molar-refractivity contribution in [3.8, 4) is 0 Å². The number of hydrogen-bond donors (Lipinski definition) is 4. The van der Waals surface area contributed by atoms with Gasteiger partial charge in [-0.25, -0.2) is 4.98 Å². The first-order valence-electron chi connectivity index (χ1n) is 5.76. The maximum absolute atomic E-state index is 12.0. The normalized spacial score (nSPS) is 10.9. The minimum atomic E-state index is -0.685. The van der Waals surface area contributed by atoms with Crippen LogP contribution in [0.15, 0.2) is 0 Å². The first kappa shape index (κ1) is 15.2. The van der Waals surface area contributed by atoms with Gasteiger partial charge in [0.25, 0.3) is 5.91 Å². The lowest BCUT2D eigenvalue weighted by Crippen LogP contribution is -2.43. The van der Waals surface area contributed by atoms with Gasteiger partial charge in [-0.1, -0.05) is 11.3 Å². The number of nitrogens with zero attached hydrogens (tertiary/aromatic N) is 1. The van der Waals surface area contributed by atoms with Crippen molar-refractivity contribution in [3.05, 3.63) is 4.88 Å². The SMILES string of the molecule is CNC(=O)C(C)(C)CNC(=O)c1sc(NC)nc1N. The molecule has 0 fully saturated rings. The Hall–Kier alpha value is -1.83. The van der Waals surface area contributed by atoms with Gasteiger partial charge in [-0.3, -0.25) is 9.59 Å². The number of rotatable bonds is 5. The van der Waals surface area contributed by atoms with Crippen LogP contribution in [0.4, 0.5) is 10.9 Å². The van der Waals surface area contributed by atoms with E-state index >= 15 is 0 Å². The van der Waals surface area contributed by atoms with E-state index in [0.29, 0.717) is 10.0 Å². The molecule has 7 nitrogen and oxygen atoms in total. The van der Waals surface area contributed by atoms with Crippen LogP contribution < -0.4 is 21.7 Å². The molecule has 19 heavy (non-hydrogen) atoms. The van der Waals surface area contributed by atoms with E-state index in [2.05, 4.69) is 20.9 Å². The lowest BCUT2D eigenvalue weighted by Gasteiger charge is -2.22. The van der Waals surface area contributed by atoms with Crippen molar-refractivity contribution in [1.82, 2.24) is 15.6 Å². The molecule has 0 atom stereocenters. The number of anilines is 2. The van der Waals surface area contributed by atoms with Gasteiger partial charge in [0.1, 0.15) is 10.7 Å². The average Bonchev–Trinajstić information content (AvgIpc) is 2.76. The molecule has 0 unspecified atom stereocenters. The van der Waals surface area contributed by atoms with E-state index in [0.717, 1.165) is 0 Å². The van der Waals surface area contributed by atoms with Crippen molar-refractivity contribution in [1.29, 1.82) is 0 Å². The number of thiazole rings is 1. The van der Waals surface area contributed by atoms with E-state index in [1.807, 2.05) is 0 Å². The molecule has 0 saturated carbocycles. The second-order valence-corrected chi connectivity index (χ2v) is 5.63. The second-order valence-electron chi connectivity index (χ2n) is 4.63. The number of nitrogens with two attached hydrogens (primary N) is 1. The fourth-order valence-corrected chi connectivity index (χ4v) is 2.16. The Morgan fingerprint density at radius 3 is 2.47 bits per heavy atom. The molecule has 0 spiro atoms. The van der Waals surface area contributed by atoms with Gasteiger partial charge in [-0.05, 0) is 13.8 Å². The molecule has 0 aromatic carbocycles. The minimum absolute atomic E-state index is 0.138. The van der Waals surface area contributed by atoms with Crippen molar-refractivity contribution in [2.75, 3.05) is 31.7 Å². The van der Waals surface area contributed by atoms with Crippen LogP contribution in [-0.2, 0) is 4.79 Å². The van der Waals surface area contributed by atoms with Gasteiger partial charge in [0, 0.05) is 20.6 Å². The second kappa shape index (κ2) is 5.87. The van der Waals surface area contributed by atoms with Crippen LogP contribution in [0.2, 0.25) is 0 Å². The summed E-state index contributed by atoms with van der Waals surface area (Å²) in [7, 11) is 3.26. The summed E-state index contributed by atoms with van der Waals surface area (Å²) in [5.41, 5.74) is 4.98. The van der Waals surface area contributed by atoms with Gasteiger partial charge in [0.15, 0.2) is 5.13 Å². The zero-order valence-electron chi connectivity index (χ0n) is 11.5. The third-order valence-corrected chi connectivity index (χ3v) is 3.69. The zero-order chi connectivity index (χ0) is 14.6. The van der Waals surface area contributed by atoms with Gasteiger partial charge in [-0.2, -0.15) is 0 Å². The standard InChI is InChI=1S/C11H19N5O2S/c1-11(2,9(18)13-3)5-15-8(17)6-7(12)16-10(14-4)19-6/h5,12H2,1-4H3,(H,13,18)(H,14,16)(H,15,17). The molecule has 8 heteroatoms. The highest BCUT2D eigenvalue weighted by molar-refractivity contribution is 7.18. The highest BCUT2D eigenvalue weighted by Crippen LogP contribution is 2.24. The highest BCUT2D eigenvalue weighted by Gasteiger charge is 2.28. The first-order valence-corrected chi connectivity index (χ1v) is 6.58. The quantitative estimate of drug-likeness (QED) is 0.621. The Kier molecular flexibility index (Phi) is 4.71. The maximum atomic E-state index is 12.0. The topological polar surface area (TPSA) is 109 Å². The summed E-state index contributed by atoms with van der Waals surface area (Å²) in [5.74, 6) is -0.279. The molecule has 106 valence electrons. The van der Waals surface area contributed by atoms with Gasteiger partial charge < -0.3 is 21.7 Å². The molecule has 2 amide bonds. The molecular weight excluding hydrogens is 266 g/mol. The molecule has 0 aliphatic carbocycles. The van der Waals surface area contributed by atoms with Gasteiger partial charge in [0.2, 0.25) is 5.91 Å². The predicted octanol–water partition coefficient (Wildman–Crippen LogP) is 0.269. The van der Waals surface area contributed by atoms with Crippen LogP contribution >= 0.6 is 11.3 Å². The van der Waals surface area contributed by atoms with Crippen LogP contribution in [0.25, 0.3) is 0 Å². The lowest BCUT2D eigenvalue weighted by molar-refractivity contribution is -0.128. The summed E-state index contributed by atoms with van der Waals surface area (Å²) in [6, 6.07) is 0. The molecule has 0 saturated heterocycles. The molecule has 5 N–H and O–H groups in total. The van der Waals surface area contributed by atoms with Crippen molar-refractivity contribution in [2.24, 2.45) is 5.41 Å². The fourth-order valence-electron chi connectivity index (χ4n) is 1.40. The summed E-state index contributed by atoms with van der Waals surface area (Å²) in [5, 5.41) is 8.66. The number of nitrogen functional groups attached to an aromatic ring is 1. The van der Waals surface area contributed by atoms with Gasteiger partial charge >= 0.3 is 0 Å². The van der Waals surface area contributed by atoms with E-state index in [1.165, 1.54) is 11.3 Å². The Balaban J connectivity index is 2.70. The molecule has 1 aromatic rings. The van der Waals surface area contributed by atoms with Crippen molar-refractivity contribution >= 4 is 34.1 Å². The smallest absolute Gasteiger partial charge is 0.265 e. The summed E-state index contributed by atoms with van der Waals surface area (Å²) < 4.78 is 0. The highest BCUT2D eigenvalue weighted by atomic mass is 32.1. The average molecular weight is 285 g/mol. The van der Waals surface area contributed by atoms with E-state index in [9.17, 15) is 9.59 Å². The molecule has 1 aromatic heterocycles. The predicted molar refractivity (Wildman–Crippen MR) is 76.3 cm³/mol. The summed E-state index contributed by atoms with van der Waals surface area (Å²) >= 11 is 1.17. The van der Waals surface area contributed by atoms with Gasteiger partial charge in [-0.15, -0.1) is 0 Å². The number of nitrogens with one attached hydrogen (secondary N) is 3. The molecule has 0 radical (unpaired) electrons. The first-order chi connectivity index (χ1) is 8.81. The van der Waals surface area contributed by atoms with Gasteiger partial charge in [0.05, 0.1) is 5.41 Å². The lowest BCUT2D eigenvalue weighted by atomic mass is 9.92. The fraction of sp³-hybridized carbons (Fsp3) is 0.545. The maximum Gasteiger partial charge on any atom is 0.265 e. The molecule has 1 rings (SSSR count). The summed E-state index contributed by atoms with van der Waals surface area (Å²) in [4.78, 5) is 27.9. The van der Waals surface area contributed by atoms with Crippen molar-refractivity contribution < 1.29 is 9.59 Å². The van der Waals surface area contributed by atoms with Crippen molar-refractivity contribution in [3.63, 3.8) is 0 Å². The number of carbonyl (C=O) groups excluding carboxylic acids is 2. The minimum Gasteiger partial charge on any atom is -0.382 e. The third-order valence-electron chi connectivity index (χ3n) is 2.61. The number of aromatic nitrogens is 1. The van der Waals surface area contributed by atoms with Crippen molar-refractivity contribution in [2.45, 2.75) is 13.8 Å². The largest absolute Gasteiger partial charge is 0.382 e. The molecule has 0 aliphatic heterocycles. The van der Waals surface area contributed by atoms with E-state index in [1.54, 1.807) is 27.9 Å². The van der Waals surface area contributed by atoms with Crippen LogP contribution in [0, 0.1) is 5.41 Å². The Morgan fingerprint density at radius 2 is 2.00 bits per heavy atom. The van der Waals surface area contributed by atoms with Crippen LogP contribution in [0.3, 0.4) is 0 Å². The number of amides is 2. The molecular formula is C11H19N5O2S. The Labute approximate surface area is 116 Å². The summed E-state index contributed by atoms with van der Waals surface area (Å²) in [6.07, 6.45) is 0. The molecule has 0 bridgehead atoms. The molecule has 1 heterocycles. The zero-order valence-corrected chi connectivity index (χ0v) is 12.3. The number of carbonyl (C=O) groups is 2.